The Labute approximate surface area is 259 Å². The molecule has 0 aliphatic rings. The number of halogens is 2. The molecule has 2 unspecified atom stereocenters. The number of anilines is 1. The van der Waals surface area contributed by atoms with Gasteiger partial charge < -0.3 is 14.2 Å². The highest BCUT2D eigenvalue weighted by molar-refractivity contribution is 9.10. The number of hydrogen-bond donors (Lipinski definition) is 0. The molecule has 0 N–H and O–H groups in total. The van der Waals surface area contributed by atoms with Gasteiger partial charge in [-0.25, -0.2) is 22.6 Å². The molecular weight excluding hydrogens is 639 g/mol. The number of pyridine rings is 1. The van der Waals surface area contributed by atoms with Crippen molar-refractivity contribution < 1.29 is 31.8 Å². The summed E-state index contributed by atoms with van der Waals surface area (Å²) >= 11 is 3.28. The molecule has 0 saturated carbocycles. The first-order valence-corrected chi connectivity index (χ1v) is 15.9. The van der Waals surface area contributed by atoms with Gasteiger partial charge in [-0.1, -0.05) is 34.1 Å². The fraction of sp³-hybridized carbons (Fsp3) is 0.312. The number of fused-ring (bicyclic) bond motifs is 1. The Balaban J connectivity index is 1.43. The number of carbonyl (C=O) groups is 1. The van der Waals surface area contributed by atoms with Crippen molar-refractivity contribution >= 4 is 48.5 Å². The first kappa shape index (κ1) is 32.4. The Morgan fingerprint density at radius 2 is 1.65 bits per heavy atom. The molecule has 0 aliphatic carbocycles. The Morgan fingerprint density at radius 1 is 1.00 bits per heavy atom. The molecule has 2 atom stereocenters. The number of rotatable bonds is 10. The summed E-state index contributed by atoms with van der Waals surface area (Å²) in [5.74, 6) is 0.442. The van der Waals surface area contributed by atoms with Crippen LogP contribution < -0.4 is 9.64 Å². The monoisotopic (exact) mass is 672 g/mol. The summed E-state index contributed by atoms with van der Waals surface area (Å²) in [6.45, 7) is 5.72. The first-order chi connectivity index (χ1) is 20.3. The van der Waals surface area contributed by atoms with Crippen molar-refractivity contribution in [1.29, 1.82) is 0 Å². The smallest absolute Gasteiger partial charge is 0.414 e. The molecule has 4 rings (SSSR count). The van der Waals surface area contributed by atoms with Crippen LogP contribution in [0.1, 0.15) is 27.7 Å². The molecule has 0 aliphatic heterocycles. The van der Waals surface area contributed by atoms with Gasteiger partial charge in [0.15, 0.2) is 5.44 Å². The maximum atomic E-state index is 13.8. The summed E-state index contributed by atoms with van der Waals surface area (Å²) in [4.78, 5) is 18.7. The molecule has 1 heterocycles. The lowest BCUT2D eigenvalue weighted by Crippen LogP contribution is -2.34. The lowest BCUT2D eigenvalue weighted by atomic mass is 10.1. The maximum absolute atomic E-state index is 13.8. The number of alkyl halides is 1. The Morgan fingerprint density at radius 3 is 2.28 bits per heavy atom. The highest BCUT2D eigenvalue weighted by Gasteiger charge is 2.27. The molecule has 1 aromatic heterocycles. The van der Waals surface area contributed by atoms with Gasteiger partial charge in [-0.2, -0.15) is 0 Å². The van der Waals surface area contributed by atoms with Crippen molar-refractivity contribution in [2.75, 3.05) is 25.2 Å². The molecule has 228 valence electrons. The highest BCUT2D eigenvalue weighted by atomic mass is 79.9. The van der Waals surface area contributed by atoms with Crippen LogP contribution in [0.15, 0.2) is 88.2 Å². The minimum atomic E-state index is -3.82. The van der Waals surface area contributed by atoms with E-state index in [-0.39, 0.29) is 11.5 Å². The SMILES string of the molecule is CC(OC(CF)COc1ccc2ccc(-c3ccc(N(C)C(=O)OC(C)(C)C)cc3)nc2c1)S(=O)(=O)c1ccc(Br)cc1. The predicted molar refractivity (Wildman–Crippen MR) is 169 cm³/mol. The fourth-order valence-electron chi connectivity index (χ4n) is 4.11. The molecule has 1 amide bonds. The Kier molecular flexibility index (Phi) is 10.1. The molecule has 0 bridgehead atoms. The lowest BCUT2D eigenvalue weighted by Gasteiger charge is -2.24. The van der Waals surface area contributed by atoms with Crippen molar-refractivity contribution in [3.63, 3.8) is 0 Å². The summed E-state index contributed by atoms with van der Waals surface area (Å²) in [5.41, 5.74) is 1.04. The minimum absolute atomic E-state index is 0.0860. The number of benzene rings is 3. The van der Waals surface area contributed by atoms with Gasteiger partial charge in [-0.15, -0.1) is 0 Å². The van der Waals surface area contributed by atoms with E-state index in [0.29, 0.717) is 22.6 Å². The van der Waals surface area contributed by atoms with Gasteiger partial charge in [-0.3, -0.25) is 4.90 Å². The zero-order chi connectivity index (χ0) is 31.4. The van der Waals surface area contributed by atoms with E-state index in [4.69, 9.17) is 19.2 Å². The number of carbonyl (C=O) groups excluding carboxylic acids is 1. The topological polar surface area (TPSA) is 95.0 Å². The van der Waals surface area contributed by atoms with E-state index in [1.54, 1.807) is 31.3 Å². The second-order valence-electron chi connectivity index (χ2n) is 10.9. The quantitative estimate of drug-likeness (QED) is 0.171. The third-order valence-corrected chi connectivity index (χ3v) is 8.90. The number of ether oxygens (including phenoxy) is 3. The van der Waals surface area contributed by atoms with Gasteiger partial charge in [0, 0.05) is 34.2 Å². The van der Waals surface area contributed by atoms with E-state index >= 15 is 0 Å². The molecule has 8 nitrogen and oxygen atoms in total. The van der Waals surface area contributed by atoms with Gasteiger partial charge in [0.25, 0.3) is 0 Å². The van der Waals surface area contributed by atoms with Crippen LogP contribution in [0.25, 0.3) is 22.2 Å². The second kappa shape index (κ2) is 13.4. The van der Waals surface area contributed by atoms with Crippen LogP contribution >= 0.6 is 15.9 Å². The Bertz CT molecular complexity index is 1680. The van der Waals surface area contributed by atoms with Crippen molar-refractivity contribution in [2.24, 2.45) is 0 Å². The van der Waals surface area contributed by atoms with Crippen molar-refractivity contribution in [3.05, 3.63) is 83.3 Å². The second-order valence-corrected chi connectivity index (χ2v) is 14.1. The van der Waals surface area contributed by atoms with E-state index in [9.17, 15) is 17.6 Å². The van der Waals surface area contributed by atoms with Crippen LogP contribution in [0.4, 0.5) is 14.9 Å². The molecule has 4 aromatic rings. The van der Waals surface area contributed by atoms with Gasteiger partial charge in [0.1, 0.15) is 30.7 Å². The lowest BCUT2D eigenvalue weighted by molar-refractivity contribution is -0.00517. The highest BCUT2D eigenvalue weighted by Crippen LogP contribution is 2.27. The van der Waals surface area contributed by atoms with Gasteiger partial charge in [0.05, 0.1) is 16.1 Å². The molecule has 0 radical (unpaired) electrons. The molecule has 3 aromatic carbocycles. The van der Waals surface area contributed by atoms with Crippen molar-refractivity contribution in [3.8, 4) is 17.0 Å². The summed E-state index contributed by atoms with van der Waals surface area (Å²) in [6.07, 6.45) is -1.54. The summed E-state index contributed by atoms with van der Waals surface area (Å²) in [7, 11) is -2.17. The first-order valence-electron chi connectivity index (χ1n) is 13.6. The zero-order valence-electron chi connectivity index (χ0n) is 24.6. The molecular formula is C32H34BrFN2O6S. The predicted octanol–water partition coefficient (Wildman–Crippen LogP) is 7.59. The number of sulfone groups is 1. The number of hydrogen-bond acceptors (Lipinski definition) is 7. The summed E-state index contributed by atoms with van der Waals surface area (Å²) in [6, 6.07) is 22.7. The minimum Gasteiger partial charge on any atom is -0.491 e. The fourth-order valence-corrected chi connectivity index (χ4v) is 5.58. The third-order valence-electron chi connectivity index (χ3n) is 6.45. The normalized spacial score (nSPS) is 13.4. The number of amides is 1. The van der Waals surface area contributed by atoms with Crippen LogP contribution in [0.5, 0.6) is 5.75 Å². The number of nitrogens with zero attached hydrogens (tertiary/aromatic N) is 2. The van der Waals surface area contributed by atoms with Crippen molar-refractivity contribution in [1.82, 2.24) is 4.98 Å². The molecule has 0 spiro atoms. The average molecular weight is 674 g/mol. The van der Waals surface area contributed by atoms with Gasteiger partial charge in [0.2, 0.25) is 9.84 Å². The van der Waals surface area contributed by atoms with Crippen molar-refractivity contribution in [2.45, 2.75) is 49.7 Å². The Hall–Kier alpha value is -3.54. The molecule has 11 heteroatoms. The van der Waals surface area contributed by atoms with E-state index in [0.717, 1.165) is 15.4 Å². The van der Waals surface area contributed by atoms with E-state index < -0.39 is 39.7 Å². The largest absolute Gasteiger partial charge is 0.491 e. The third kappa shape index (κ3) is 8.31. The zero-order valence-corrected chi connectivity index (χ0v) is 27.0. The average Bonchev–Trinajstić information content (AvgIpc) is 2.97. The standard InChI is InChI=1S/C32H34BrFN2O6S/c1-21(43(38,39)28-15-10-24(33)11-16-28)41-27(19-34)20-40-26-14-8-23-9-17-29(35-30(23)18-26)22-6-12-25(13-7-22)36(5)31(37)42-32(2,3)4/h6-18,21,27H,19-20H2,1-5H3. The van der Waals surface area contributed by atoms with E-state index in [1.165, 1.54) is 24.0 Å². The van der Waals surface area contributed by atoms with E-state index in [1.807, 2.05) is 63.2 Å². The van der Waals surface area contributed by atoms with Crippen LogP contribution in [0.2, 0.25) is 0 Å². The summed E-state index contributed by atoms with van der Waals surface area (Å²) in [5, 5.41) is 0.880. The van der Waals surface area contributed by atoms with Crippen LogP contribution in [0.3, 0.4) is 0 Å². The molecule has 0 saturated heterocycles. The maximum Gasteiger partial charge on any atom is 0.414 e. The van der Waals surface area contributed by atoms with Gasteiger partial charge >= 0.3 is 6.09 Å². The van der Waals surface area contributed by atoms with Crippen LogP contribution in [0, 0.1) is 0 Å². The molecule has 0 fully saturated rings. The van der Waals surface area contributed by atoms with Gasteiger partial charge in [-0.05, 0) is 82.3 Å². The van der Waals surface area contributed by atoms with E-state index in [2.05, 4.69) is 15.9 Å². The number of aromatic nitrogens is 1. The van der Waals surface area contributed by atoms with Crippen LogP contribution in [-0.4, -0.2) is 57.0 Å². The molecule has 43 heavy (non-hydrogen) atoms. The van der Waals surface area contributed by atoms with Crippen LogP contribution in [-0.2, 0) is 19.3 Å². The summed E-state index contributed by atoms with van der Waals surface area (Å²) < 4.78 is 57.0.